The zero-order valence-corrected chi connectivity index (χ0v) is 14.9. The lowest BCUT2D eigenvalue weighted by Gasteiger charge is -2.00. The number of pyridine rings is 1. The zero-order chi connectivity index (χ0) is 17.4. The summed E-state index contributed by atoms with van der Waals surface area (Å²) in [5, 5.41) is 5.40. The molecule has 0 radical (unpaired) electrons. The molecule has 0 bridgehead atoms. The molecule has 0 atom stereocenters. The van der Waals surface area contributed by atoms with Gasteiger partial charge in [-0.25, -0.2) is 15.0 Å². The quantitative estimate of drug-likeness (QED) is 0.565. The van der Waals surface area contributed by atoms with E-state index in [1.807, 2.05) is 56.0 Å². The number of hydrogen-bond donors (Lipinski definition) is 0. The first-order valence-corrected chi connectivity index (χ1v) is 8.66. The highest BCUT2D eigenvalue weighted by Gasteiger charge is 2.15. The second-order valence-corrected chi connectivity index (χ2v) is 6.73. The van der Waals surface area contributed by atoms with Crippen molar-refractivity contribution >= 4 is 11.3 Å². The van der Waals surface area contributed by atoms with Crippen LogP contribution in [0.4, 0.5) is 0 Å². The molecule has 0 fully saturated rings. The van der Waals surface area contributed by atoms with Crippen molar-refractivity contribution in [3.8, 4) is 32.7 Å². The van der Waals surface area contributed by atoms with E-state index in [2.05, 4.69) is 20.1 Å². The molecular weight excluding hydrogens is 332 g/mol. The Bertz CT molecular complexity index is 1020. The Morgan fingerprint density at radius 2 is 1.92 bits per heavy atom. The second kappa shape index (κ2) is 6.18. The number of aromatic nitrogens is 6. The van der Waals surface area contributed by atoms with Crippen LogP contribution in [0.15, 0.2) is 42.9 Å². The lowest BCUT2D eigenvalue weighted by atomic mass is 10.2. The standard InChI is InChI=1S/C18H16N6S/c1-11-9-15(23-24(11)3)17-20-8-6-14(22-17)16-12(2)21-18(25-16)13-5-4-7-19-10-13/h4-10H,1-3H3. The van der Waals surface area contributed by atoms with E-state index < -0.39 is 0 Å². The van der Waals surface area contributed by atoms with Crippen LogP contribution in [-0.2, 0) is 7.05 Å². The number of thiazole rings is 1. The minimum Gasteiger partial charge on any atom is -0.272 e. The molecule has 124 valence electrons. The lowest BCUT2D eigenvalue weighted by Crippen LogP contribution is -1.95. The summed E-state index contributed by atoms with van der Waals surface area (Å²) in [6.07, 6.45) is 5.35. The van der Waals surface area contributed by atoms with Crippen LogP contribution < -0.4 is 0 Å². The number of aryl methyl sites for hydroxylation is 3. The van der Waals surface area contributed by atoms with E-state index in [1.165, 1.54) is 0 Å². The van der Waals surface area contributed by atoms with Crippen molar-refractivity contribution in [1.82, 2.24) is 29.7 Å². The molecular formula is C18H16N6S. The van der Waals surface area contributed by atoms with Gasteiger partial charge in [0.2, 0.25) is 0 Å². The van der Waals surface area contributed by atoms with Crippen molar-refractivity contribution in [1.29, 1.82) is 0 Å². The first-order chi connectivity index (χ1) is 12.1. The summed E-state index contributed by atoms with van der Waals surface area (Å²) in [7, 11) is 1.91. The van der Waals surface area contributed by atoms with E-state index in [1.54, 1.807) is 23.7 Å². The summed E-state index contributed by atoms with van der Waals surface area (Å²) < 4.78 is 1.82. The smallest absolute Gasteiger partial charge is 0.180 e. The third kappa shape index (κ3) is 2.94. The third-order valence-corrected chi connectivity index (χ3v) is 5.17. The Hall–Kier alpha value is -2.93. The summed E-state index contributed by atoms with van der Waals surface area (Å²) in [5.74, 6) is 0.622. The molecule has 6 nitrogen and oxygen atoms in total. The fourth-order valence-corrected chi connectivity index (χ4v) is 3.55. The average molecular weight is 348 g/mol. The van der Waals surface area contributed by atoms with Crippen LogP contribution >= 0.6 is 11.3 Å². The van der Waals surface area contributed by atoms with Gasteiger partial charge < -0.3 is 0 Å². The topological polar surface area (TPSA) is 69.4 Å². The lowest BCUT2D eigenvalue weighted by molar-refractivity contribution is 0.741. The summed E-state index contributed by atoms with van der Waals surface area (Å²) in [6, 6.07) is 7.82. The molecule has 0 saturated carbocycles. The first kappa shape index (κ1) is 15.6. The normalized spacial score (nSPS) is 11.0. The zero-order valence-electron chi connectivity index (χ0n) is 14.1. The monoisotopic (exact) mass is 348 g/mol. The number of hydrogen-bond acceptors (Lipinski definition) is 6. The SMILES string of the molecule is Cc1nc(-c2cccnc2)sc1-c1ccnc(-c2cc(C)n(C)n2)n1. The highest BCUT2D eigenvalue weighted by atomic mass is 32.1. The van der Waals surface area contributed by atoms with Crippen LogP contribution in [0.25, 0.3) is 32.7 Å². The van der Waals surface area contributed by atoms with Crippen molar-refractivity contribution in [2.75, 3.05) is 0 Å². The number of nitrogens with zero attached hydrogens (tertiary/aromatic N) is 6. The van der Waals surface area contributed by atoms with Crippen LogP contribution in [-0.4, -0.2) is 29.7 Å². The fourth-order valence-electron chi connectivity index (χ4n) is 2.53. The van der Waals surface area contributed by atoms with Gasteiger partial charge in [-0.15, -0.1) is 11.3 Å². The summed E-state index contributed by atoms with van der Waals surface area (Å²) in [6.45, 7) is 4.01. The van der Waals surface area contributed by atoms with Crippen LogP contribution in [0.3, 0.4) is 0 Å². The van der Waals surface area contributed by atoms with Gasteiger partial charge >= 0.3 is 0 Å². The Morgan fingerprint density at radius 3 is 2.64 bits per heavy atom. The summed E-state index contributed by atoms with van der Waals surface area (Å²) >= 11 is 1.61. The predicted molar refractivity (Wildman–Crippen MR) is 98.0 cm³/mol. The predicted octanol–water partition coefficient (Wildman–Crippen LogP) is 3.68. The molecule has 4 aromatic rings. The molecule has 4 heterocycles. The van der Waals surface area contributed by atoms with Gasteiger partial charge in [0, 0.05) is 36.9 Å². The van der Waals surface area contributed by atoms with Crippen LogP contribution in [0, 0.1) is 13.8 Å². The summed E-state index contributed by atoms with van der Waals surface area (Å²) in [5.41, 5.74) is 4.66. The Morgan fingerprint density at radius 1 is 1.04 bits per heavy atom. The molecule has 0 saturated heterocycles. The largest absolute Gasteiger partial charge is 0.272 e. The summed E-state index contributed by atoms with van der Waals surface area (Å²) in [4.78, 5) is 19.0. The highest BCUT2D eigenvalue weighted by Crippen LogP contribution is 2.34. The number of rotatable bonds is 3. The molecule has 0 unspecified atom stereocenters. The molecule has 0 N–H and O–H groups in total. The maximum atomic E-state index is 4.70. The molecule has 25 heavy (non-hydrogen) atoms. The van der Waals surface area contributed by atoms with Gasteiger partial charge in [0.15, 0.2) is 5.82 Å². The van der Waals surface area contributed by atoms with Crippen LogP contribution in [0.2, 0.25) is 0 Å². The van der Waals surface area contributed by atoms with Gasteiger partial charge in [0.05, 0.1) is 16.3 Å². The van der Waals surface area contributed by atoms with Crippen LogP contribution in [0.1, 0.15) is 11.4 Å². The van der Waals surface area contributed by atoms with E-state index in [0.29, 0.717) is 5.82 Å². The minimum atomic E-state index is 0.622. The average Bonchev–Trinajstić information content (AvgIpc) is 3.19. The Balaban J connectivity index is 1.76. The van der Waals surface area contributed by atoms with E-state index in [9.17, 15) is 0 Å². The minimum absolute atomic E-state index is 0.622. The molecule has 0 aliphatic heterocycles. The van der Waals surface area contributed by atoms with Gasteiger partial charge in [-0.05, 0) is 38.1 Å². The Labute approximate surface area is 149 Å². The van der Waals surface area contributed by atoms with Gasteiger partial charge in [-0.3, -0.25) is 9.67 Å². The molecule has 0 aliphatic carbocycles. The molecule has 0 aromatic carbocycles. The van der Waals surface area contributed by atoms with Gasteiger partial charge in [0.25, 0.3) is 0 Å². The fraction of sp³-hybridized carbons (Fsp3) is 0.167. The first-order valence-electron chi connectivity index (χ1n) is 7.84. The van der Waals surface area contributed by atoms with Crippen molar-refractivity contribution in [3.63, 3.8) is 0 Å². The van der Waals surface area contributed by atoms with E-state index in [4.69, 9.17) is 4.98 Å². The highest BCUT2D eigenvalue weighted by molar-refractivity contribution is 7.18. The van der Waals surface area contributed by atoms with Crippen molar-refractivity contribution in [3.05, 3.63) is 54.2 Å². The van der Waals surface area contributed by atoms with Gasteiger partial charge in [-0.2, -0.15) is 5.10 Å². The van der Waals surface area contributed by atoms with Gasteiger partial charge in [0.1, 0.15) is 10.7 Å². The molecule has 0 spiro atoms. The Kier molecular flexibility index (Phi) is 3.85. The van der Waals surface area contributed by atoms with E-state index in [-0.39, 0.29) is 0 Å². The third-order valence-electron chi connectivity index (χ3n) is 3.94. The maximum absolute atomic E-state index is 4.70. The van der Waals surface area contributed by atoms with Crippen molar-refractivity contribution in [2.45, 2.75) is 13.8 Å². The maximum Gasteiger partial charge on any atom is 0.180 e. The van der Waals surface area contributed by atoms with Crippen molar-refractivity contribution in [2.24, 2.45) is 7.05 Å². The molecule has 4 aromatic heterocycles. The van der Waals surface area contributed by atoms with Gasteiger partial charge in [-0.1, -0.05) is 0 Å². The molecule has 7 heteroatoms. The van der Waals surface area contributed by atoms with E-state index >= 15 is 0 Å². The molecule has 0 aliphatic rings. The molecule has 4 rings (SSSR count). The second-order valence-electron chi connectivity index (χ2n) is 5.74. The van der Waals surface area contributed by atoms with Crippen molar-refractivity contribution < 1.29 is 0 Å². The van der Waals surface area contributed by atoms with E-state index in [0.717, 1.165) is 38.2 Å². The molecule has 0 amide bonds. The van der Waals surface area contributed by atoms with Crippen LogP contribution in [0.5, 0.6) is 0 Å².